The van der Waals surface area contributed by atoms with Gasteiger partial charge in [0.15, 0.2) is 11.6 Å². The van der Waals surface area contributed by atoms with Crippen molar-refractivity contribution in [3.63, 3.8) is 0 Å². The first-order valence-electron chi connectivity index (χ1n) is 15.3. The van der Waals surface area contributed by atoms with Crippen molar-refractivity contribution in [2.24, 2.45) is 11.8 Å². The number of carbonyl (C=O) groups excluding carboxylic acids is 2. The highest BCUT2D eigenvalue weighted by Crippen LogP contribution is 2.19. The molecule has 1 fully saturated rings. The first-order valence-corrected chi connectivity index (χ1v) is 15.3. The van der Waals surface area contributed by atoms with Gasteiger partial charge in [-0.1, -0.05) is 49.2 Å². The van der Waals surface area contributed by atoms with Crippen LogP contribution in [0, 0.1) is 23.5 Å². The molecule has 3 N–H and O–H groups in total. The number of rotatable bonds is 21. The molecule has 2 amide bonds. The molecule has 3 atom stereocenters. The Balaban J connectivity index is 1.53. The predicted octanol–water partition coefficient (Wildman–Crippen LogP) is 4.87. The Morgan fingerprint density at radius 3 is 2.17 bits per heavy atom. The molecule has 1 aliphatic rings. The van der Waals surface area contributed by atoms with E-state index >= 15 is 0 Å². The van der Waals surface area contributed by atoms with Gasteiger partial charge >= 0.3 is 0 Å². The molecule has 0 spiro atoms. The van der Waals surface area contributed by atoms with E-state index in [2.05, 4.69) is 33.0 Å². The van der Waals surface area contributed by atoms with Crippen molar-refractivity contribution in [1.82, 2.24) is 20.9 Å². The molecule has 6 nitrogen and oxygen atoms in total. The van der Waals surface area contributed by atoms with Crippen molar-refractivity contribution in [2.45, 2.75) is 70.3 Å². The maximum Gasteiger partial charge on any atom is 0.207 e. The molecule has 1 aliphatic heterocycles. The molecule has 226 valence electrons. The number of piperidine rings is 1. The molecular formula is C33H48F2N4O2. The molecule has 0 aromatic heterocycles. The normalized spacial score (nSPS) is 16.0. The van der Waals surface area contributed by atoms with E-state index in [4.69, 9.17) is 0 Å². The lowest BCUT2D eigenvalue weighted by atomic mass is 9.92. The first-order chi connectivity index (χ1) is 20.1. The number of halogens is 2. The minimum Gasteiger partial charge on any atom is -0.358 e. The first kappa shape index (κ1) is 32.7. The molecule has 2 aromatic rings. The zero-order valence-corrected chi connectivity index (χ0v) is 24.3. The second-order valence-electron chi connectivity index (χ2n) is 11.5. The summed E-state index contributed by atoms with van der Waals surface area (Å²) in [6, 6.07) is 14.6. The Hall–Kier alpha value is -2.84. The quantitative estimate of drug-likeness (QED) is 0.148. The zero-order chi connectivity index (χ0) is 29.1. The standard InChI is InChI=1S/C33H48F2N4O2/c34-32-15-14-28(21-33(32)35)20-31(13-7-11-29(22-36-25-40)19-27-9-3-1-4-10-27)38-16-8-12-30(23-37-26-41)24-39-17-5-2-6-18-39/h1,3-4,9-10,14-15,21,25-26,29-31,38H,2,5-8,11-13,16-20,22-24H2,(H,36,40)(H,37,41). The predicted molar refractivity (Wildman–Crippen MR) is 160 cm³/mol. The third-order valence-corrected chi connectivity index (χ3v) is 8.17. The van der Waals surface area contributed by atoms with E-state index in [0.29, 0.717) is 31.3 Å². The summed E-state index contributed by atoms with van der Waals surface area (Å²) in [6.45, 7) is 5.44. The van der Waals surface area contributed by atoms with E-state index < -0.39 is 11.6 Å². The maximum atomic E-state index is 13.9. The van der Waals surface area contributed by atoms with E-state index in [1.54, 1.807) is 6.07 Å². The maximum absolute atomic E-state index is 13.9. The molecule has 0 aliphatic carbocycles. The third kappa shape index (κ3) is 13.1. The average Bonchev–Trinajstić information content (AvgIpc) is 2.99. The fourth-order valence-corrected chi connectivity index (χ4v) is 6.00. The molecule has 0 radical (unpaired) electrons. The van der Waals surface area contributed by atoms with Gasteiger partial charge in [-0.25, -0.2) is 8.78 Å². The minimum absolute atomic E-state index is 0.130. The molecule has 2 aromatic carbocycles. The Morgan fingerprint density at radius 1 is 0.756 bits per heavy atom. The highest BCUT2D eigenvalue weighted by atomic mass is 19.2. The molecule has 41 heavy (non-hydrogen) atoms. The van der Waals surface area contributed by atoms with Crippen LogP contribution in [0.2, 0.25) is 0 Å². The minimum atomic E-state index is -0.826. The topological polar surface area (TPSA) is 73.5 Å². The summed E-state index contributed by atoms with van der Waals surface area (Å²) in [4.78, 5) is 24.4. The van der Waals surface area contributed by atoms with Gasteiger partial charge < -0.3 is 20.9 Å². The van der Waals surface area contributed by atoms with Gasteiger partial charge in [0.25, 0.3) is 0 Å². The summed E-state index contributed by atoms with van der Waals surface area (Å²) in [5.74, 6) is -0.901. The van der Waals surface area contributed by atoms with Crippen LogP contribution < -0.4 is 16.0 Å². The van der Waals surface area contributed by atoms with Crippen LogP contribution in [0.4, 0.5) is 8.78 Å². The van der Waals surface area contributed by atoms with Crippen LogP contribution >= 0.6 is 0 Å². The van der Waals surface area contributed by atoms with Gasteiger partial charge in [-0.05, 0) is 106 Å². The summed E-state index contributed by atoms with van der Waals surface area (Å²) in [7, 11) is 0. The van der Waals surface area contributed by atoms with Crippen LogP contribution in [0.25, 0.3) is 0 Å². The van der Waals surface area contributed by atoms with Crippen LogP contribution in [-0.4, -0.2) is 63.0 Å². The van der Waals surface area contributed by atoms with E-state index in [0.717, 1.165) is 83.1 Å². The molecule has 0 saturated carbocycles. The lowest BCUT2D eigenvalue weighted by molar-refractivity contribution is -0.110. The van der Waals surface area contributed by atoms with E-state index in [9.17, 15) is 18.4 Å². The van der Waals surface area contributed by atoms with Gasteiger partial charge in [-0.15, -0.1) is 0 Å². The molecule has 3 unspecified atom stereocenters. The summed E-state index contributed by atoms with van der Waals surface area (Å²) in [5.41, 5.74) is 2.04. The second kappa shape index (κ2) is 19.3. The van der Waals surface area contributed by atoms with Crippen LogP contribution in [0.15, 0.2) is 48.5 Å². The van der Waals surface area contributed by atoms with Crippen molar-refractivity contribution in [3.8, 4) is 0 Å². The van der Waals surface area contributed by atoms with Crippen LogP contribution in [0.1, 0.15) is 62.5 Å². The third-order valence-electron chi connectivity index (χ3n) is 8.17. The van der Waals surface area contributed by atoms with Crippen LogP contribution in [0.5, 0.6) is 0 Å². The molecule has 8 heteroatoms. The van der Waals surface area contributed by atoms with Crippen molar-refractivity contribution >= 4 is 12.8 Å². The number of hydrogen-bond acceptors (Lipinski definition) is 4. The van der Waals surface area contributed by atoms with Crippen molar-refractivity contribution in [3.05, 3.63) is 71.3 Å². The lowest BCUT2D eigenvalue weighted by Gasteiger charge is -2.30. The SMILES string of the molecule is O=CNCC(CCCC(Cc1ccc(F)c(F)c1)NCCCC(CNC=O)CN1CCCCC1)Cc1ccccc1. The molecule has 0 bridgehead atoms. The Labute approximate surface area is 244 Å². The summed E-state index contributed by atoms with van der Waals surface area (Å²) < 4.78 is 27.5. The number of benzene rings is 2. The number of likely N-dealkylation sites (tertiary alicyclic amines) is 1. The van der Waals surface area contributed by atoms with E-state index in [1.165, 1.54) is 37.0 Å². The lowest BCUT2D eigenvalue weighted by Crippen LogP contribution is -2.38. The number of amides is 2. The fourth-order valence-electron chi connectivity index (χ4n) is 6.00. The van der Waals surface area contributed by atoms with Gasteiger partial charge in [-0.3, -0.25) is 9.59 Å². The number of hydrogen-bond donors (Lipinski definition) is 3. The van der Waals surface area contributed by atoms with Crippen molar-refractivity contribution < 1.29 is 18.4 Å². The summed E-state index contributed by atoms with van der Waals surface area (Å²) in [5, 5.41) is 9.42. The number of carbonyl (C=O) groups is 2. The molecule has 1 heterocycles. The van der Waals surface area contributed by atoms with Crippen LogP contribution in [0.3, 0.4) is 0 Å². The average molecular weight is 571 g/mol. The molecule has 1 saturated heterocycles. The van der Waals surface area contributed by atoms with Gasteiger partial charge in [0, 0.05) is 25.7 Å². The zero-order valence-electron chi connectivity index (χ0n) is 24.3. The molecule has 3 rings (SSSR count). The highest BCUT2D eigenvalue weighted by molar-refractivity contribution is 5.46. The highest BCUT2D eigenvalue weighted by Gasteiger charge is 2.18. The number of nitrogens with zero attached hydrogens (tertiary/aromatic N) is 1. The Bertz CT molecular complexity index is 1000. The van der Waals surface area contributed by atoms with Gasteiger partial charge in [0.05, 0.1) is 0 Å². The van der Waals surface area contributed by atoms with Gasteiger partial charge in [-0.2, -0.15) is 0 Å². The summed E-state index contributed by atoms with van der Waals surface area (Å²) in [6.07, 6.45) is 11.7. The monoisotopic (exact) mass is 570 g/mol. The van der Waals surface area contributed by atoms with Gasteiger partial charge in [0.1, 0.15) is 0 Å². The van der Waals surface area contributed by atoms with Crippen molar-refractivity contribution in [1.29, 1.82) is 0 Å². The largest absolute Gasteiger partial charge is 0.358 e. The van der Waals surface area contributed by atoms with Crippen LogP contribution in [-0.2, 0) is 22.4 Å². The Morgan fingerprint density at radius 2 is 1.46 bits per heavy atom. The Kier molecular flexibility index (Phi) is 15.4. The fraction of sp³-hybridized carbons (Fsp3) is 0.576. The van der Waals surface area contributed by atoms with E-state index in [-0.39, 0.29) is 6.04 Å². The van der Waals surface area contributed by atoms with E-state index in [1.807, 2.05) is 18.2 Å². The van der Waals surface area contributed by atoms with Crippen molar-refractivity contribution in [2.75, 3.05) is 39.3 Å². The summed E-state index contributed by atoms with van der Waals surface area (Å²) >= 11 is 0. The smallest absolute Gasteiger partial charge is 0.207 e. The molecular weight excluding hydrogens is 522 g/mol. The second-order valence-corrected chi connectivity index (χ2v) is 11.5. The number of nitrogens with one attached hydrogen (secondary N) is 3. The van der Waals surface area contributed by atoms with Gasteiger partial charge in [0.2, 0.25) is 12.8 Å².